The number of hydrogen-bond acceptors (Lipinski definition) is 2. The lowest BCUT2D eigenvalue weighted by Gasteiger charge is -2.16. The molecule has 0 fully saturated rings. The molecule has 0 aromatic heterocycles. The molecule has 1 aromatic carbocycles. The number of nitrogens with one attached hydrogen (secondary N) is 1. The molecule has 1 N–H and O–H groups in total. The van der Waals surface area contributed by atoms with Gasteiger partial charge >= 0.3 is 0 Å². The molecule has 0 aliphatic heterocycles. The second kappa shape index (κ2) is 5.99. The van der Waals surface area contributed by atoms with Crippen LogP contribution in [0.5, 0.6) is 0 Å². The van der Waals surface area contributed by atoms with E-state index in [1.54, 1.807) is 6.21 Å². The molecule has 0 saturated carbocycles. The summed E-state index contributed by atoms with van der Waals surface area (Å²) < 4.78 is 0. The summed E-state index contributed by atoms with van der Waals surface area (Å²) in [5.41, 5.74) is 4.06. The fourth-order valence-corrected chi connectivity index (χ4v) is 0.975. The summed E-state index contributed by atoms with van der Waals surface area (Å²) in [5, 5.41) is 4.87. The number of rotatable bonds is 2. The molecule has 15 heavy (non-hydrogen) atoms. The lowest BCUT2D eigenvalue weighted by Crippen LogP contribution is -2.31. The number of hydrogen-bond donors (Lipinski definition) is 1. The van der Waals surface area contributed by atoms with E-state index in [4.69, 9.17) is 11.6 Å². The van der Waals surface area contributed by atoms with E-state index in [1.165, 1.54) is 0 Å². The third kappa shape index (κ3) is 6.37. The van der Waals surface area contributed by atoms with Crippen LogP contribution in [-0.2, 0) is 0 Å². The summed E-state index contributed by atoms with van der Waals surface area (Å²) in [6, 6.07) is 7.55. The molecule has 0 unspecified atom stereocenters. The van der Waals surface area contributed by atoms with Crippen molar-refractivity contribution in [2.75, 3.05) is 0 Å². The van der Waals surface area contributed by atoms with Gasteiger partial charge in [-0.3, -0.25) is 0 Å². The highest BCUT2D eigenvalue weighted by Crippen LogP contribution is 2.07. The average Bonchev–Trinajstić information content (AvgIpc) is 2.06. The zero-order valence-corrected chi connectivity index (χ0v) is 10.7. The topological polar surface area (TPSA) is 24.4 Å². The Bertz CT molecular complexity index is 312. The maximum atomic E-state index is 5.76. The molecule has 0 spiro atoms. The second-order valence-corrected chi connectivity index (χ2v) is 4.61. The van der Waals surface area contributed by atoms with Crippen molar-refractivity contribution in [2.45, 2.75) is 26.3 Å². The smallest absolute Gasteiger partial charge is 0.0540 e. The monoisotopic (exact) mass is 246 g/mol. The van der Waals surface area contributed by atoms with Crippen LogP contribution >= 0.6 is 24.0 Å². The first-order valence-electron chi connectivity index (χ1n) is 4.53. The van der Waals surface area contributed by atoms with Crippen LogP contribution in [0.2, 0.25) is 5.02 Å². The van der Waals surface area contributed by atoms with Crippen molar-refractivity contribution in [3.8, 4) is 0 Å². The minimum atomic E-state index is 0. The first kappa shape index (κ1) is 14.3. The Balaban J connectivity index is 0.00000196. The normalized spacial score (nSPS) is 11.2. The number of halogens is 2. The van der Waals surface area contributed by atoms with Gasteiger partial charge in [-0.05, 0) is 38.5 Å². The van der Waals surface area contributed by atoms with Crippen LogP contribution in [0.15, 0.2) is 29.4 Å². The summed E-state index contributed by atoms with van der Waals surface area (Å²) in [4.78, 5) is 0. The zero-order valence-electron chi connectivity index (χ0n) is 9.12. The van der Waals surface area contributed by atoms with E-state index in [1.807, 2.05) is 24.3 Å². The minimum Gasteiger partial charge on any atom is -0.305 e. The van der Waals surface area contributed by atoms with Crippen LogP contribution in [-0.4, -0.2) is 11.8 Å². The summed E-state index contributed by atoms with van der Waals surface area (Å²) in [7, 11) is 0. The number of benzene rings is 1. The van der Waals surface area contributed by atoms with Gasteiger partial charge in [-0.2, -0.15) is 5.10 Å². The van der Waals surface area contributed by atoms with Gasteiger partial charge in [-0.15, -0.1) is 12.4 Å². The summed E-state index contributed by atoms with van der Waals surface area (Å²) in [6.45, 7) is 6.19. The van der Waals surface area contributed by atoms with Crippen LogP contribution in [0, 0.1) is 0 Å². The quantitative estimate of drug-likeness (QED) is 0.628. The molecule has 4 heteroatoms. The molecular formula is C11H16Cl2N2. The Morgan fingerprint density at radius 1 is 1.20 bits per heavy atom. The molecule has 84 valence electrons. The largest absolute Gasteiger partial charge is 0.305 e. The van der Waals surface area contributed by atoms with Gasteiger partial charge in [0, 0.05) is 10.6 Å². The maximum Gasteiger partial charge on any atom is 0.0540 e. The zero-order chi connectivity index (χ0) is 10.6. The Morgan fingerprint density at radius 2 is 1.73 bits per heavy atom. The maximum absolute atomic E-state index is 5.76. The molecule has 0 heterocycles. The highest BCUT2D eigenvalue weighted by atomic mass is 35.5. The van der Waals surface area contributed by atoms with Crippen molar-refractivity contribution in [1.82, 2.24) is 5.43 Å². The molecule has 1 aromatic rings. The van der Waals surface area contributed by atoms with Gasteiger partial charge in [-0.25, -0.2) is 0 Å². The van der Waals surface area contributed by atoms with Crippen LogP contribution in [0.3, 0.4) is 0 Å². The SMILES string of the molecule is CC(C)(C)N/N=C/c1ccc(Cl)cc1.Cl. The van der Waals surface area contributed by atoms with E-state index in [0.29, 0.717) is 0 Å². The lowest BCUT2D eigenvalue weighted by atomic mass is 10.1. The van der Waals surface area contributed by atoms with Crippen molar-refractivity contribution >= 4 is 30.2 Å². The summed E-state index contributed by atoms with van der Waals surface area (Å²) in [5.74, 6) is 0. The van der Waals surface area contributed by atoms with Gasteiger partial charge in [-0.1, -0.05) is 23.7 Å². The molecule has 1 rings (SSSR count). The average molecular weight is 247 g/mol. The van der Waals surface area contributed by atoms with Crippen LogP contribution < -0.4 is 5.43 Å². The van der Waals surface area contributed by atoms with Crippen molar-refractivity contribution in [1.29, 1.82) is 0 Å². The summed E-state index contributed by atoms with van der Waals surface area (Å²) >= 11 is 5.76. The van der Waals surface area contributed by atoms with E-state index >= 15 is 0 Å². The molecule has 0 aliphatic carbocycles. The Hall–Kier alpha value is -0.730. The Kier molecular flexibility index (Phi) is 5.69. The van der Waals surface area contributed by atoms with Gasteiger partial charge < -0.3 is 5.43 Å². The van der Waals surface area contributed by atoms with Crippen LogP contribution in [0.25, 0.3) is 0 Å². The van der Waals surface area contributed by atoms with Gasteiger partial charge in [0.1, 0.15) is 0 Å². The highest BCUT2D eigenvalue weighted by Gasteiger charge is 2.05. The van der Waals surface area contributed by atoms with E-state index in [0.717, 1.165) is 10.6 Å². The van der Waals surface area contributed by atoms with Crippen LogP contribution in [0.4, 0.5) is 0 Å². The molecule has 0 radical (unpaired) electrons. The van der Waals surface area contributed by atoms with Crippen molar-refractivity contribution < 1.29 is 0 Å². The van der Waals surface area contributed by atoms with E-state index in [2.05, 4.69) is 31.3 Å². The molecule has 2 nitrogen and oxygen atoms in total. The van der Waals surface area contributed by atoms with Gasteiger partial charge in [0.2, 0.25) is 0 Å². The van der Waals surface area contributed by atoms with Gasteiger partial charge in [0.25, 0.3) is 0 Å². The van der Waals surface area contributed by atoms with Gasteiger partial charge in [0.05, 0.1) is 6.21 Å². The van der Waals surface area contributed by atoms with Crippen LogP contribution in [0.1, 0.15) is 26.3 Å². The Morgan fingerprint density at radius 3 is 2.20 bits per heavy atom. The Labute approximate surface area is 102 Å². The highest BCUT2D eigenvalue weighted by molar-refractivity contribution is 6.30. The van der Waals surface area contributed by atoms with E-state index < -0.39 is 0 Å². The summed E-state index contributed by atoms with van der Waals surface area (Å²) in [6.07, 6.45) is 1.78. The predicted octanol–water partition coefficient (Wildman–Crippen LogP) is 3.48. The van der Waals surface area contributed by atoms with Crippen molar-refractivity contribution in [2.24, 2.45) is 5.10 Å². The van der Waals surface area contributed by atoms with E-state index in [-0.39, 0.29) is 17.9 Å². The molecule has 0 atom stereocenters. The van der Waals surface area contributed by atoms with Crippen molar-refractivity contribution in [3.05, 3.63) is 34.9 Å². The number of nitrogens with zero attached hydrogens (tertiary/aromatic N) is 1. The molecule has 0 amide bonds. The van der Waals surface area contributed by atoms with Gasteiger partial charge in [0.15, 0.2) is 0 Å². The molecular weight excluding hydrogens is 231 g/mol. The number of hydrazone groups is 1. The van der Waals surface area contributed by atoms with E-state index in [9.17, 15) is 0 Å². The molecule has 0 saturated heterocycles. The predicted molar refractivity (Wildman–Crippen MR) is 69.2 cm³/mol. The first-order chi connectivity index (χ1) is 6.47. The molecule has 0 bridgehead atoms. The van der Waals surface area contributed by atoms with Crippen molar-refractivity contribution in [3.63, 3.8) is 0 Å². The lowest BCUT2D eigenvalue weighted by molar-refractivity contribution is 0.442. The third-order valence-corrected chi connectivity index (χ3v) is 1.74. The minimum absolute atomic E-state index is 0. The standard InChI is InChI=1S/C11H15ClN2.ClH/c1-11(2,3)14-13-8-9-4-6-10(12)7-5-9;/h4-8,14H,1-3H3;1H/b13-8+;. The fourth-order valence-electron chi connectivity index (χ4n) is 0.849. The second-order valence-electron chi connectivity index (χ2n) is 4.17. The fraction of sp³-hybridized carbons (Fsp3) is 0.364. The molecule has 0 aliphatic rings. The third-order valence-electron chi connectivity index (χ3n) is 1.48. The first-order valence-corrected chi connectivity index (χ1v) is 4.91.